The van der Waals surface area contributed by atoms with Crippen LogP contribution in [0, 0.1) is 0 Å². The molecule has 0 saturated carbocycles. The van der Waals surface area contributed by atoms with Crippen LogP contribution < -0.4 is 5.32 Å². The first-order valence-corrected chi connectivity index (χ1v) is 5.47. The van der Waals surface area contributed by atoms with Crippen LogP contribution in [0.4, 0.5) is 0 Å². The predicted molar refractivity (Wildman–Crippen MR) is 61.7 cm³/mol. The second-order valence-electron chi connectivity index (χ2n) is 4.17. The molecule has 0 amide bonds. The van der Waals surface area contributed by atoms with E-state index >= 15 is 0 Å². The number of hydrogen-bond donors (Lipinski definition) is 2. The quantitative estimate of drug-likeness (QED) is 0.694. The van der Waals surface area contributed by atoms with Crippen LogP contribution in [0.25, 0.3) is 0 Å². The maximum absolute atomic E-state index is 10.1. The topological polar surface area (TPSA) is 45.1 Å². The van der Waals surface area contributed by atoms with Gasteiger partial charge in [-0.2, -0.15) is 0 Å². The zero-order chi connectivity index (χ0) is 11.1. The number of nitrogens with zero attached hydrogens (tertiary/aromatic N) is 1. The lowest BCUT2D eigenvalue weighted by atomic mass is 10.00. The molecule has 0 radical (unpaired) electrons. The zero-order valence-electron chi connectivity index (χ0n) is 9.53. The summed E-state index contributed by atoms with van der Waals surface area (Å²) in [6.45, 7) is 5.50. The van der Waals surface area contributed by atoms with E-state index in [2.05, 4.69) is 17.2 Å². The predicted octanol–water partition coefficient (Wildman–Crippen LogP) is 1.37. The van der Waals surface area contributed by atoms with E-state index in [-0.39, 0.29) is 0 Å². The minimum Gasteiger partial charge on any atom is -0.388 e. The fraction of sp³-hybridized carbons (Fsp3) is 0.583. The molecule has 0 aliphatic heterocycles. The summed E-state index contributed by atoms with van der Waals surface area (Å²) in [5, 5.41) is 13.3. The van der Waals surface area contributed by atoms with Crippen LogP contribution in [-0.2, 0) is 6.42 Å². The average Bonchev–Trinajstić information content (AvgIpc) is 2.18. The van der Waals surface area contributed by atoms with Crippen LogP contribution in [-0.4, -0.2) is 28.8 Å². The van der Waals surface area contributed by atoms with Gasteiger partial charge in [0.1, 0.15) is 0 Å². The molecule has 0 fully saturated rings. The molecule has 84 valence electrons. The fourth-order valence-corrected chi connectivity index (χ4v) is 1.49. The number of nitrogens with one attached hydrogen (secondary N) is 1. The summed E-state index contributed by atoms with van der Waals surface area (Å²) in [6.07, 6.45) is 3.43. The van der Waals surface area contributed by atoms with Crippen LogP contribution in [0.2, 0.25) is 0 Å². The Morgan fingerprint density at radius 2 is 2.27 bits per heavy atom. The van der Waals surface area contributed by atoms with Crippen molar-refractivity contribution < 1.29 is 5.11 Å². The van der Waals surface area contributed by atoms with E-state index in [1.807, 2.05) is 25.1 Å². The highest BCUT2D eigenvalue weighted by Gasteiger charge is 2.20. The third-order valence-corrected chi connectivity index (χ3v) is 2.22. The Balaban J connectivity index is 2.42. The molecule has 1 aromatic heterocycles. The molecular formula is C12H20N2O. The Hall–Kier alpha value is -0.930. The lowest BCUT2D eigenvalue weighted by Gasteiger charge is -2.23. The number of pyridine rings is 1. The van der Waals surface area contributed by atoms with E-state index in [0.717, 1.165) is 18.7 Å². The van der Waals surface area contributed by atoms with Crippen molar-refractivity contribution >= 4 is 0 Å². The molecule has 15 heavy (non-hydrogen) atoms. The van der Waals surface area contributed by atoms with Crippen molar-refractivity contribution in [1.29, 1.82) is 0 Å². The Labute approximate surface area is 91.5 Å². The summed E-state index contributed by atoms with van der Waals surface area (Å²) in [6, 6.07) is 5.76. The normalized spacial score (nSPS) is 14.9. The average molecular weight is 208 g/mol. The Bertz CT molecular complexity index is 272. The van der Waals surface area contributed by atoms with E-state index in [1.165, 1.54) is 0 Å². The van der Waals surface area contributed by atoms with Gasteiger partial charge in [0.25, 0.3) is 0 Å². The van der Waals surface area contributed by atoms with Crippen LogP contribution in [0.3, 0.4) is 0 Å². The lowest BCUT2D eigenvalue weighted by molar-refractivity contribution is 0.0594. The summed E-state index contributed by atoms with van der Waals surface area (Å²) in [5.41, 5.74) is 0.213. The van der Waals surface area contributed by atoms with E-state index in [0.29, 0.717) is 13.0 Å². The number of rotatable bonds is 6. The molecule has 0 aromatic carbocycles. The van der Waals surface area contributed by atoms with Crippen molar-refractivity contribution in [3.05, 3.63) is 30.1 Å². The molecule has 1 heterocycles. The summed E-state index contributed by atoms with van der Waals surface area (Å²) in [7, 11) is 0. The number of hydrogen-bond acceptors (Lipinski definition) is 3. The van der Waals surface area contributed by atoms with Crippen molar-refractivity contribution in [2.45, 2.75) is 32.3 Å². The van der Waals surface area contributed by atoms with Crippen LogP contribution >= 0.6 is 0 Å². The molecule has 3 nitrogen and oxygen atoms in total. The largest absolute Gasteiger partial charge is 0.388 e. The molecule has 2 N–H and O–H groups in total. The summed E-state index contributed by atoms with van der Waals surface area (Å²) in [5.74, 6) is 0. The van der Waals surface area contributed by atoms with Gasteiger partial charge in [0.15, 0.2) is 0 Å². The molecule has 0 saturated heterocycles. The first-order valence-electron chi connectivity index (χ1n) is 5.47. The van der Waals surface area contributed by atoms with E-state index in [1.54, 1.807) is 6.20 Å². The molecule has 1 rings (SSSR count). The highest BCUT2D eigenvalue weighted by atomic mass is 16.3. The van der Waals surface area contributed by atoms with Crippen molar-refractivity contribution in [3.63, 3.8) is 0 Å². The van der Waals surface area contributed by atoms with Gasteiger partial charge in [-0.25, -0.2) is 0 Å². The maximum atomic E-state index is 10.1. The highest BCUT2D eigenvalue weighted by molar-refractivity contribution is 5.06. The van der Waals surface area contributed by atoms with Gasteiger partial charge in [0.2, 0.25) is 0 Å². The first-order chi connectivity index (χ1) is 7.14. The van der Waals surface area contributed by atoms with Gasteiger partial charge in [-0.3, -0.25) is 4.98 Å². The minimum absolute atomic E-state index is 0.588. The SMILES string of the molecule is CCCNCC(C)(O)Cc1ccccn1. The molecule has 1 unspecified atom stereocenters. The van der Waals surface area contributed by atoms with Gasteiger partial charge in [-0.05, 0) is 32.0 Å². The second kappa shape index (κ2) is 5.83. The smallest absolute Gasteiger partial charge is 0.0798 e. The summed E-state index contributed by atoms with van der Waals surface area (Å²) >= 11 is 0. The van der Waals surface area contributed by atoms with Gasteiger partial charge in [0, 0.05) is 24.9 Å². The number of aliphatic hydroxyl groups is 1. The molecule has 0 spiro atoms. The first kappa shape index (κ1) is 12.1. The molecule has 0 aliphatic rings. The minimum atomic E-state index is -0.719. The second-order valence-corrected chi connectivity index (χ2v) is 4.17. The molecule has 1 atom stereocenters. The number of aromatic nitrogens is 1. The Kier molecular flexibility index (Phi) is 4.72. The monoisotopic (exact) mass is 208 g/mol. The Morgan fingerprint density at radius 3 is 2.87 bits per heavy atom. The maximum Gasteiger partial charge on any atom is 0.0798 e. The zero-order valence-corrected chi connectivity index (χ0v) is 9.53. The summed E-state index contributed by atoms with van der Waals surface area (Å²) in [4.78, 5) is 4.20. The van der Waals surface area contributed by atoms with Crippen LogP contribution in [0.5, 0.6) is 0 Å². The molecule has 0 aliphatic carbocycles. The van der Waals surface area contributed by atoms with Crippen molar-refractivity contribution in [2.24, 2.45) is 0 Å². The van der Waals surface area contributed by atoms with Crippen LogP contribution in [0.15, 0.2) is 24.4 Å². The van der Waals surface area contributed by atoms with E-state index in [4.69, 9.17) is 0 Å². The van der Waals surface area contributed by atoms with Gasteiger partial charge < -0.3 is 10.4 Å². The van der Waals surface area contributed by atoms with E-state index < -0.39 is 5.60 Å². The highest BCUT2D eigenvalue weighted by Crippen LogP contribution is 2.09. The van der Waals surface area contributed by atoms with Crippen molar-refractivity contribution in [2.75, 3.05) is 13.1 Å². The molecular weight excluding hydrogens is 188 g/mol. The van der Waals surface area contributed by atoms with Gasteiger partial charge in [-0.1, -0.05) is 13.0 Å². The van der Waals surface area contributed by atoms with Crippen molar-refractivity contribution in [3.8, 4) is 0 Å². The third kappa shape index (κ3) is 4.91. The third-order valence-electron chi connectivity index (χ3n) is 2.22. The summed E-state index contributed by atoms with van der Waals surface area (Å²) < 4.78 is 0. The lowest BCUT2D eigenvalue weighted by Crippen LogP contribution is -2.40. The molecule has 1 aromatic rings. The van der Waals surface area contributed by atoms with Gasteiger partial charge in [-0.15, -0.1) is 0 Å². The van der Waals surface area contributed by atoms with E-state index in [9.17, 15) is 5.11 Å². The van der Waals surface area contributed by atoms with Crippen molar-refractivity contribution in [1.82, 2.24) is 10.3 Å². The van der Waals surface area contributed by atoms with Crippen LogP contribution in [0.1, 0.15) is 26.0 Å². The van der Waals surface area contributed by atoms with Gasteiger partial charge in [0.05, 0.1) is 5.60 Å². The Morgan fingerprint density at radius 1 is 1.47 bits per heavy atom. The van der Waals surface area contributed by atoms with Gasteiger partial charge >= 0.3 is 0 Å². The molecule has 0 bridgehead atoms. The standard InChI is InChI=1S/C12H20N2O/c1-3-7-13-10-12(2,15)9-11-6-4-5-8-14-11/h4-6,8,13,15H,3,7,9-10H2,1-2H3. The molecule has 3 heteroatoms. The fourth-order valence-electron chi connectivity index (χ4n) is 1.49.